The van der Waals surface area contributed by atoms with Gasteiger partial charge in [0.2, 0.25) is 0 Å². The zero-order valence-corrected chi connectivity index (χ0v) is 9.34. The smallest absolute Gasteiger partial charge is 0.150 e. The molecular weight excluding hydrogens is 214 g/mol. The van der Waals surface area contributed by atoms with Crippen molar-refractivity contribution in [2.24, 2.45) is 0 Å². The Balaban J connectivity index is 0.00000112. The fourth-order valence-electron chi connectivity index (χ4n) is 1.83. The van der Waals surface area contributed by atoms with Crippen molar-refractivity contribution in [1.82, 2.24) is 5.32 Å². The van der Waals surface area contributed by atoms with E-state index in [0.29, 0.717) is 5.56 Å². The fourth-order valence-corrected chi connectivity index (χ4v) is 1.83. The van der Waals surface area contributed by atoms with Crippen molar-refractivity contribution >= 4 is 18.7 Å². The monoisotopic (exact) mass is 227 g/mol. The molecule has 0 radical (unpaired) electrons. The number of ether oxygens (including phenoxy) is 1. The summed E-state index contributed by atoms with van der Waals surface area (Å²) in [4.78, 5) is 10.8. The second-order valence-corrected chi connectivity index (χ2v) is 3.41. The first-order valence-corrected chi connectivity index (χ1v) is 4.67. The van der Waals surface area contributed by atoms with Crippen LogP contribution in [-0.2, 0) is 10.5 Å². The summed E-state index contributed by atoms with van der Waals surface area (Å²) in [6, 6.07) is 7.51. The molecule has 0 aromatic heterocycles. The summed E-state index contributed by atoms with van der Waals surface area (Å²) >= 11 is 0. The van der Waals surface area contributed by atoms with Crippen molar-refractivity contribution in [1.29, 1.82) is 0 Å². The minimum atomic E-state index is -0.433. The number of hydrogen-bond acceptors (Lipinski definition) is 3. The number of methoxy groups -OCH3 is 1. The Morgan fingerprint density at radius 3 is 2.60 bits per heavy atom. The first-order chi connectivity index (χ1) is 6.82. The van der Waals surface area contributed by atoms with Crippen molar-refractivity contribution < 1.29 is 9.53 Å². The summed E-state index contributed by atoms with van der Waals surface area (Å²) in [5.74, 6) is 0. The van der Waals surface area contributed by atoms with E-state index in [4.69, 9.17) is 4.74 Å². The van der Waals surface area contributed by atoms with E-state index in [1.54, 1.807) is 7.11 Å². The quantitative estimate of drug-likeness (QED) is 0.800. The Morgan fingerprint density at radius 1 is 1.47 bits per heavy atom. The number of nitrogens with one attached hydrogen (secondary N) is 1. The zero-order valence-electron chi connectivity index (χ0n) is 8.53. The third kappa shape index (κ3) is 1.91. The minimum absolute atomic E-state index is 0. The molecular formula is C11H14ClNO2. The first kappa shape index (κ1) is 12.2. The van der Waals surface area contributed by atoms with E-state index in [-0.39, 0.29) is 12.4 Å². The molecule has 1 aromatic carbocycles. The third-order valence-corrected chi connectivity index (χ3v) is 2.76. The van der Waals surface area contributed by atoms with Crippen LogP contribution in [0.1, 0.15) is 22.3 Å². The van der Waals surface area contributed by atoms with Gasteiger partial charge in [0.05, 0.1) is 0 Å². The number of benzene rings is 1. The molecule has 0 unspecified atom stereocenters. The van der Waals surface area contributed by atoms with Gasteiger partial charge in [-0.25, -0.2) is 0 Å². The Kier molecular flexibility index (Phi) is 3.85. The van der Waals surface area contributed by atoms with Crippen LogP contribution >= 0.6 is 12.4 Å². The number of halogens is 1. The van der Waals surface area contributed by atoms with Gasteiger partial charge in [0, 0.05) is 31.2 Å². The van der Waals surface area contributed by atoms with Crippen LogP contribution in [0.25, 0.3) is 0 Å². The van der Waals surface area contributed by atoms with Gasteiger partial charge in [-0.2, -0.15) is 0 Å². The highest BCUT2D eigenvalue weighted by atomic mass is 35.5. The molecule has 2 rings (SSSR count). The molecule has 1 aliphatic rings. The molecule has 1 fully saturated rings. The van der Waals surface area contributed by atoms with Crippen LogP contribution in [0.2, 0.25) is 0 Å². The van der Waals surface area contributed by atoms with Gasteiger partial charge in [0.15, 0.2) is 0 Å². The zero-order chi connectivity index (χ0) is 10.0. The van der Waals surface area contributed by atoms with Crippen LogP contribution in [0.15, 0.2) is 24.3 Å². The van der Waals surface area contributed by atoms with Crippen molar-refractivity contribution in [3.63, 3.8) is 0 Å². The predicted octanol–water partition coefficient (Wildman–Crippen LogP) is 1.71. The molecule has 0 saturated carbocycles. The van der Waals surface area contributed by atoms with E-state index in [1.807, 2.05) is 24.3 Å². The average molecular weight is 228 g/mol. The molecule has 3 nitrogen and oxygen atoms in total. The van der Waals surface area contributed by atoms with Gasteiger partial charge in [-0.05, 0) is 0 Å². The maximum Gasteiger partial charge on any atom is 0.150 e. The van der Waals surface area contributed by atoms with Crippen LogP contribution in [0, 0.1) is 0 Å². The fraction of sp³-hybridized carbons (Fsp3) is 0.364. The lowest BCUT2D eigenvalue weighted by molar-refractivity contribution is -0.0974. The van der Waals surface area contributed by atoms with Crippen molar-refractivity contribution in [2.75, 3.05) is 13.7 Å². The lowest BCUT2D eigenvalue weighted by Gasteiger charge is -2.42. The SMILES string of the molecule is CO[C@]1(c2ccccc2C=O)CCN1.Cl. The van der Waals surface area contributed by atoms with E-state index >= 15 is 0 Å². The Labute approximate surface area is 95.2 Å². The molecule has 1 aromatic rings. The van der Waals surface area contributed by atoms with Crippen LogP contribution in [-0.4, -0.2) is 19.9 Å². The summed E-state index contributed by atoms with van der Waals surface area (Å²) in [7, 11) is 1.66. The van der Waals surface area contributed by atoms with Crippen molar-refractivity contribution in [2.45, 2.75) is 12.1 Å². The summed E-state index contributed by atoms with van der Waals surface area (Å²) in [5.41, 5.74) is 1.20. The standard InChI is InChI=1S/C11H13NO2.ClH/c1-14-11(6-7-12-11)10-5-3-2-4-9(10)8-13;/h2-5,8,12H,6-7H2,1H3;1H/t11-;/m0./s1. The topological polar surface area (TPSA) is 38.3 Å². The molecule has 1 aliphatic heterocycles. The third-order valence-electron chi connectivity index (χ3n) is 2.76. The molecule has 1 heterocycles. The number of rotatable bonds is 3. The number of carbonyl (C=O) groups is 1. The number of aldehydes is 1. The molecule has 1 atom stereocenters. The van der Waals surface area contributed by atoms with Crippen LogP contribution in [0.4, 0.5) is 0 Å². The molecule has 82 valence electrons. The van der Waals surface area contributed by atoms with Crippen molar-refractivity contribution in [3.05, 3.63) is 35.4 Å². The maximum atomic E-state index is 10.8. The predicted molar refractivity (Wildman–Crippen MR) is 60.4 cm³/mol. The molecule has 0 bridgehead atoms. The molecule has 4 heteroatoms. The van der Waals surface area contributed by atoms with E-state index in [9.17, 15) is 4.79 Å². The van der Waals surface area contributed by atoms with E-state index in [2.05, 4.69) is 5.32 Å². The summed E-state index contributed by atoms with van der Waals surface area (Å²) < 4.78 is 5.43. The Morgan fingerprint density at radius 2 is 2.13 bits per heavy atom. The maximum absolute atomic E-state index is 10.8. The highest BCUT2D eigenvalue weighted by Gasteiger charge is 2.39. The van der Waals surface area contributed by atoms with E-state index in [1.165, 1.54) is 0 Å². The number of hydrogen-bond donors (Lipinski definition) is 1. The molecule has 0 aliphatic carbocycles. The largest absolute Gasteiger partial charge is 0.360 e. The Hall–Kier alpha value is -0.900. The Bertz CT molecular complexity index is 345. The first-order valence-electron chi connectivity index (χ1n) is 4.67. The van der Waals surface area contributed by atoms with Crippen LogP contribution < -0.4 is 5.32 Å². The van der Waals surface area contributed by atoms with Crippen LogP contribution in [0.3, 0.4) is 0 Å². The molecule has 1 N–H and O–H groups in total. The van der Waals surface area contributed by atoms with Gasteiger partial charge in [-0.3, -0.25) is 10.1 Å². The average Bonchev–Trinajstić information content (AvgIpc) is 2.18. The van der Waals surface area contributed by atoms with Gasteiger partial charge in [-0.15, -0.1) is 12.4 Å². The van der Waals surface area contributed by atoms with Gasteiger partial charge < -0.3 is 4.74 Å². The van der Waals surface area contributed by atoms with Gasteiger partial charge in [0.1, 0.15) is 12.0 Å². The second-order valence-electron chi connectivity index (χ2n) is 3.41. The summed E-state index contributed by atoms with van der Waals surface area (Å²) in [6.45, 7) is 0.932. The molecule has 15 heavy (non-hydrogen) atoms. The van der Waals surface area contributed by atoms with Gasteiger partial charge >= 0.3 is 0 Å². The molecule has 0 spiro atoms. The summed E-state index contributed by atoms with van der Waals surface area (Å²) in [5, 5.41) is 3.22. The second kappa shape index (κ2) is 4.75. The van der Waals surface area contributed by atoms with E-state index in [0.717, 1.165) is 24.8 Å². The van der Waals surface area contributed by atoms with Crippen LogP contribution in [0.5, 0.6) is 0 Å². The van der Waals surface area contributed by atoms with Gasteiger partial charge in [-0.1, -0.05) is 24.3 Å². The van der Waals surface area contributed by atoms with E-state index < -0.39 is 5.72 Å². The normalized spacial score (nSPS) is 23.8. The lowest BCUT2D eigenvalue weighted by Crippen LogP contribution is -2.55. The van der Waals surface area contributed by atoms with Gasteiger partial charge in [0.25, 0.3) is 0 Å². The molecule has 0 amide bonds. The highest BCUT2D eigenvalue weighted by molar-refractivity contribution is 5.85. The number of carbonyl (C=O) groups excluding carboxylic acids is 1. The minimum Gasteiger partial charge on any atom is -0.360 e. The lowest BCUT2D eigenvalue weighted by atomic mass is 9.89. The summed E-state index contributed by atoms with van der Waals surface area (Å²) in [6.07, 6.45) is 1.78. The molecule has 1 saturated heterocycles. The highest BCUT2D eigenvalue weighted by Crippen LogP contribution is 2.33. The van der Waals surface area contributed by atoms with Crippen molar-refractivity contribution in [3.8, 4) is 0 Å².